The van der Waals surface area contributed by atoms with Crippen LogP contribution >= 0.6 is 24.4 Å². The van der Waals surface area contributed by atoms with Crippen molar-refractivity contribution in [2.75, 3.05) is 11.5 Å². The number of rotatable bonds is 8. The van der Waals surface area contributed by atoms with E-state index >= 15 is 0 Å². The Bertz CT molecular complexity index is 300. The maximum Gasteiger partial charge on any atom is 0.0184 e. The average Bonchev–Trinajstić information content (AvgIpc) is 2.26. The summed E-state index contributed by atoms with van der Waals surface area (Å²) < 4.78 is 0. The minimum Gasteiger partial charge on any atom is -0.179 e. The lowest BCUT2D eigenvalue weighted by atomic mass is 10.1. The molecule has 0 N–H and O–H groups in total. The summed E-state index contributed by atoms with van der Waals surface area (Å²) in [6.45, 7) is 4.36. The molecule has 0 aliphatic carbocycles. The van der Waals surface area contributed by atoms with E-state index in [1.807, 2.05) is 0 Å². The molecule has 17 heavy (non-hydrogen) atoms. The van der Waals surface area contributed by atoms with Gasteiger partial charge in [0.25, 0.3) is 0 Å². The lowest BCUT2D eigenvalue weighted by Gasteiger charge is -2.05. The first kappa shape index (κ1) is 15.0. The molecule has 1 aromatic carbocycles. The summed E-state index contributed by atoms with van der Waals surface area (Å²) in [6, 6.07) is 6.85. The Morgan fingerprint density at radius 1 is 0.941 bits per heavy atom. The van der Waals surface area contributed by atoms with E-state index in [0.29, 0.717) is 0 Å². The number of aryl methyl sites for hydroxylation is 2. The summed E-state index contributed by atoms with van der Waals surface area (Å²) >= 11 is 6.29. The molecule has 0 atom stereocenters. The molecule has 0 spiro atoms. The standard InChI is InChI=1S/C15H24S2/c1-13-9-14(2)11-15(10-13)12-17-8-6-4-3-5-7-16/h9-11,16H,3-8,12H2,1-2H3. The molecular weight excluding hydrogens is 244 g/mol. The highest BCUT2D eigenvalue weighted by Crippen LogP contribution is 2.17. The first-order valence-electron chi connectivity index (χ1n) is 6.48. The molecule has 0 heterocycles. The van der Waals surface area contributed by atoms with Crippen LogP contribution in [0.3, 0.4) is 0 Å². The number of unbranched alkanes of at least 4 members (excludes halogenated alkanes) is 3. The van der Waals surface area contributed by atoms with E-state index < -0.39 is 0 Å². The van der Waals surface area contributed by atoms with Gasteiger partial charge < -0.3 is 0 Å². The Morgan fingerprint density at radius 3 is 2.24 bits per heavy atom. The highest BCUT2D eigenvalue weighted by Gasteiger charge is 1.97. The SMILES string of the molecule is Cc1cc(C)cc(CSCCCCCCS)c1. The molecule has 0 aromatic heterocycles. The third-order valence-corrected chi connectivity index (χ3v) is 4.18. The van der Waals surface area contributed by atoms with Gasteiger partial charge in [0, 0.05) is 5.75 Å². The van der Waals surface area contributed by atoms with Crippen molar-refractivity contribution in [1.29, 1.82) is 0 Å². The molecule has 0 saturated carbocycles. The van der Waals surface area contributed by atoms with Crippen LogP contribution in [0.15, 0.2) is 18.2 Å². The molecule has 0 saturated heterocycles. The smallest absolute Gasteiger partial charge is 0.0184 e. The Morgan fingerprint density at radius 2 is 1.59 bits per heavy atom. The third kappa shape index (κ3) is 7.05. The maximum absolute atomic E-state index is 4.23. The van der Waals surface area contributed by atoms with Crippen LogP contribution < -0.4 is 0 Å². The van der Waals surface area contributed by atoms with Gasteiger partial charge in [0.15, 0.2) is 0 Å². The van der Waals surface area contributed by atoms with Crippen molar-refractivity contribution in [1.82, 2.24) is 0 Å². The Hall–Kier alpha value is -0.0800. The Labute approximate surface area is 116 Å². The minimum absolute atomic E-state index is 1.04. The van der Waals surface area contributed by atoms with E-state index in [1.165, 1.54) is 48.1 Å². The zero-order chi connectivity index (χ0) is 12.5. The van der Waals surface area contributed by atoms with Crippen LogP contribution in [0.1, 0.15) is 42.4 Å². The second-order valence-electron chi connectivity index (χ2n) is 4.69. The number of thioether (sulfide) groups is 1. The van der Waals surface area contributed by atoms with Crippen LogP contribution in [0.4, 0.5) is 0 Å². The highest BCUT2D eigenvalue weighted by molar-refractivity contribution is 7.98. The topological polar surface area (TPSA) is 0 Å². The highest BCUT2D eigenvalue weighted by atomic mass is 32.2. The number of hydrogen-bond donors (Lipinski definition) is 1. The predicted octanol–water partition coefficient (Wildman–Crippen LogP) is 5.03. The van der Waals surface area contributed by atoms with Crippen molar-refractivity contribution >= 4 is 24.4 Å². The second kappa shape index (κ2) is 8.93. The Balaban J connectivity index is 2.13. The summed E-state index contributed by atoms with van der Waals surface area (Å²) in [5.74, 6) is 3.49. The fourth-order valence-electron chi connectivity index (χ4n) is 2.01. The van der Waals surface area contributed by atoms with Gasteiger partial charge in [0.2, 0.25) is 0 Å². The van der Waals surface area contributed by atoms with Gasteiger partial charge in [-0.15, -0.1) is 0 Å². The van der Waals surface area contributed by atoms with Gasteiger partial charge >= 0.3 is 0 Å². The van der Waals surface area contributed by atoms with Crippen molar-refractivity contribution in [2.24, 2.45) is 0 Å². The normalized spacial score (nSPS) is 10.8. The van der Waals surface area contributed by atoms with E-state index in [0.717, 1.165) is 11.5 Å². The van der Waals surface area contributed by atoms with Gasteiger partial charge in [-0.25, -0.2) is 0 Å². The zero-order valence-electron chi connectivity index (χ0n) is 11.0. The van der Waals surface area contributed by atoms with Gasteiger partial charge in [-0.2, -0.15) is 24.4 Å². The molecule has 2 heteroatoms. The molecule has 0 aliphatic heterocycles. The molecule has 0 unspecified atom stereocenters. The van der Waals surface area contributed by atoms with Gasteiger partial charge in [0.05, 0.1) is 0 Å². The van der Waals surface area contributed by atoms with E-state index in [2.05, 4.69) is 56.4 Å². The molecule has 0 radical (unpaired) electrons. The quantitative estimate of drug-likeness (QED) is 0.510. The summed E-state index contributed by atoms with van der Waals surface area (Å²) in [6.07, 6.45) is 5.32. The van der Waals surface area contributed by atoms with E-state index in [4.69, 9.17) is 0 Å². The van der Waals surface area contributed by atoms with Gasteiger partial charge in [-0.1, -0.05) is 42.2 Å². The molecule has 0 fully saturated rings. The van der Waals surface area contributed by atoms with Crippen molar-refractivity contribution < 1.29 is 0 Å². The molecule has 1 rings (SSSR count). The number of benzene rings is 1. The largest absolute Gasteiger partial charge is 0.179 e. The molecular formula is C15H24S2. The number of thiol groups is 1. The molecule has 0 bridgehead atoms. The van der Waals surface area contributed by atoms with Crippen LogP contribution in [0.5, 0.6) is 0 Å². The minimum atomic E-state index is 1.04. The van der Waals surface area contributed by atoms with Gasteiger partial charge in [-0.05, 0) is 43.8 Å². The molecule has 1 aromatic rings. The van der Waals surface area contributed by atoms with Crippen molar-refractivity contribution in [3.05, 3.63) is 34.9 Å². The molecule has 0 amide bonds. The fourth-order valence-corrected chi connectivity index (χ4v) is 3.19. The van der Waals surface area contributed by atoms with Crippen LogP contribution in [0.25, 0.3) is 0 Å². The maximum atomic E-state index is 4.23. The van der Waals surface area contributed by atoms with E-state index in [9.17, 15) is 0 Å². The molecule has 0 nitrogen and oxygen atoms in total. The van der Waals surface area contributed by atoms with Crippen molar-refractivity contribution in [3.8, 4) is 0 Å². The van der Waals surface area contributed by atoms with Crippen molar-refractivity contribution in [2.45, 2.75) is 45.3 Å². The predicted molar refractivity (Wildman–Crippen MR) is 84.4 cm³/mol. The fraction of sp³-hybridized carbons (Fsp3) is 0.600. The molecule has 96 valence electrons. The van der Waals surface area contributed by atoms with E-state index in [1.54, 1.807) is 0 Å². The first-order valence-corrected chi connectivity index (χ1v) is 8.27. The van der Waals surface area contributed by atoms with Gasteiger partial charge in [-0.3, -0.25) is 0 Å². The zero-order valence-corrected chi connectivity index (χ0v) is 12.7. The second-order valence-corrected chi connectivity index (χ2v) is 6.24. The lowest BCUT2D eigenvalue weighted by molar-refractivity contribution is 0.712. The number of hydrogen-bond acceptors (Lipinski definition) is 2. The monoisotopic (exact) mass is 268 g/mol. The summed E-state index contributed by atoms with van der Waals surface area (Å²) in [5.41, 5.74) is 4.24. The summed E-state index contributed by atoms with van der Waals surface area (Å²) in [4.78, 5) is 0. The summed E-state index contributed by atoms with van der Waals surface area (Å²) in [7, 11) is 0. The van der Waals surface area contributed by atoms with Crippen LogP contribution in [-0.2, 0) is 5.75 Å². The van der Waals surface area contributed by atoms with Crippen LogP contribution in [-0.4, -0.2) is 11.5 Å². The summed E-state index contributed by atoms with van der Waals surface area (Å²) in [5, 5.41) is 0. The van der Waals surface area contributed by atoms with Crippen LogP contribution in [0, 0.1) is 13.8 Å². The molecule has 0 aliphatic rings. The Kier molecular flexibility index (Phi) is 7.87. The first-order chi connectivity index (χ1) is 8.22. The average molecular weight is 268 g/mol. The van der Waals surface area contributed by atoms with Crippen molar-refractivity contribution in [3.63, 3.8) is 0 Å². The van der Waals surface area contributed by atoms with Gasteiger partial charge in [0.1, 0.15) is 0 Å². The van der Waals surface area contributed by atoms with E-state index in [-0.39, 0.29) is 0 Å². The third-order valence-electron chi connectivity index (χ3n) is 2.75. The lowest BCUT2D eigenvalue weighted by Crippen LogP contribution is -1.87. The van der Waals surface area contributed by atoms with Crippen LogP contribution in [0.2, 0.25) is 0 Å².